The second kappa shape index (κ2) is 8.06. The minimum absolute atomic E-state index is 0.00786. The number of carbonyl (C=O) groups is 1. The molecule has 1 heterocycles. The topological polar surface area (TPSA) is 42.8 Å². The lowest BCUT2D eigenvalue weighted by molar-refractivity contribution is -0.907. The van der Waals surface area contributed by atoms with Gasteiger partial charge in [-0.25, -0.2) is 0 Å². The molecule has 27 heavy (non-hydrogen) atoms. The van der Waals surface area contributed by atoms with Crippen LogP contribution in [0.5, 0.6) is 11.5 Å². The molecule has 2 N–H and O–H groups in total. The zero-order valence-electron chi connectivity index (χ0n) is 15.2. The van der Waals surface area contributed by atoms with Crippen LogP contribution in [0, 0.1) is 0 Å². The molecular formula is C23H23N2O2+. The first-order valence-corrected chi connectivity index (χ1v) is 9.30. The second-order valence-corrected chi connectivity index (χ2v) is 6.83. The molecule has 4 nitrogen and oxygen atoms in total. The van der Waals surface area contributed by atoms with Crippen LogP contribution in [-0.4, -0.2) is 19.0 Å². The molecule has 3 aromatic rings. The smallest absolute Gasteiger partial charge is 0.279 e. The van der Waals surface area contributed by atoms with Gasteiger partial charge in [0.25, 0.3) is 5.91 Å². The summed E-state index contributed by atoms with van der Waals surface area (Å²) in [6, 6.07) is 25.6. The molecule has 1 aliphatic rings. The molecule has 136 valence electrons. The van der Waals surface area contributed by atoms with Crippen LogP contribution in [0.3, 0.4) is 0 Å². The van der Waals surface area contributed by atoms with Gasteiger partial charge in [0.05, 0.1) is 12.2 Å². The van der Waals surface area contributed by atoms with Gasteiger partial charge in [0.1, 0.15) is 12.3 Å². The third-order valence-corrected chi connectivity index (χ3v) is 4.85. The van der Waals surface area contributed by atoms with E-state index >= 15 is 0 Å². The van der Waals surface area contributed by atoms with Crippen LogP contribution in [0.1, 0.15) is 11.1 Å². The van der Waals surface area contributed by atoms with Gasteiger partial charge in [-0.2, -0.15) is 0 Å². The van der Waals surface area contributed by atoms with Crippen molar-refractivity contribution in [1.82, 2.24) is 0 Å². The highest BCUT2D eigenvalue weighted by Crippen LogP contribution is 2.28. The van der Waals surface area contributed by atoms with E-state index in [2.05, 4.69) is 29.6 Å². The molecule has 0 saturated carbocycles. The Labute approximate surface area is 159 Å². The van der Waals surface area contributed by atoms with Crippen molar-refractivity contribution in [2.24, 2.45) is 0 Å². The van der Waals surface area contributed by atoms with E-state index in [0.29, 0.717) is 18.0 Å². The summed E-state index contributed by atoms with van der Waals surface area (Å²) in [6.45, 7) is 2.33. The van der Waals surface area contributed by atoms with Crippen LogP contribution in [-0.2, 0) is 17.8 Å². The first-order chi connectivity index (χ1) is 13.3. The van der Waals surface area contributed by atoms with E-state index in [1.807, 2.05) is 54.6 Å². The number of fused-ring (bicyclic) bond motifs is 1. The van der Waals surface area contributed by atoms with Gasteiger partial charge in [-0.3, -0.25) is 4.79 Å². The molecule has 0 saturated heterocycles. The molecule has 4 heteroatoms. The lowest BCUT2D eigenvalue weighted by Crippen LogP contribution is -3.12. The van der Waals surface area contributed by atoms with Gasteiger partial charge in [0.2, 0.25) is 0 Å². The Bertz CT molecular complexity index is 924. The van der Waals surface area contributed by atoms with Crippen LogP contribution in [0.4, 0.5) is 5.69 Å². The summed E-state index contributed by atoms with van der Waals surface area (Å²) in [5, 5.41) is 3.02. The molecule has 1 unspecified atom stereocenters. The van der Waals surface area contributed by atoms with E-state index in [-0.39, 0.29) is 5.91 Å². The number of ether oxygens (including phenoxy) is 1. The average molecular weight is 359 g/mol. The van der Waals surface area contributed by atoms with Crippen LogP contribution in [0.2, 0.25) is 0 Å². The number of para-hydroxylation sites is 3. The van der Waals surface area contributed by atoms with Gasteiger partial charge in [-0.15, -0.1) is 0 Å². The number of nitrogens with one attached hydrogen (secondary N) is 2. The summed E-state index contributed by atoms with van der Waals surface area (Å²) in [4.78, 5) is 13.9. The molecule has 1 atom stereocenters. The lowest BCUT2D eigenvalue weighted by atomic mass is 10.00. The van der Waals surface area contributed by atoms with Crippen LogP contribution in [0.25, 0.3) is 0 Å². The van der Waals surface area contributed by atoms with Crippen molar-refractivity contribution in [1.29, 1.82) is 0 Å². The highest BCUT2D eigenvalue weighted by Gasteiger charge is 2.21. The Kier molecular flexibility index (Phi) is 5.17. The maximum atomic E-state index is 12.6. The van der Waals surface area contributed by atoms with Crippen molar-refractivity contribution in [2.45, 2.75) is 13.0 Å². The lowest BCUT2D eigenvalue weighted by Gasteiger charge is -2.25. The van der Waals surface area contributed by atoms with Crippen molar-refractivity contribution in [3.63, 3.8) is 0 Å². The van der Waals surface area contributed by atoms with Gasteiger partial charge in [-0.05, 0) is 29.8 Å². The highest BCUT2D eigenvalue weighted by molar-refractivity contribution is 5.93. The van der Waals surface area contributed by atoms with E-state index in [4.69, 9.17) is 4.74 Å². The zero-order chi connectivity index (χ0) is 18.5. The molecule has 0 radical (unpaired) electrons. The Morgan fingerprint density at radius 3 is 2.44 bits per heavy atom. The van der Waals surface area contributed by atoms with Crippen LogP contribution in [0.15, 0.2) is 78.9 Å². The normalized spacial score (nSPS) is 15.6. The molecule has 4 rings (SSSR count). The van der Waals surface area contributed by atoms with Crippen molar-refractivity contribution in [2.75, 3.05) is 18.4 Å². The number of carbonyl (C=O) groups excluding carboxylic acids is 1. The van der Waals surface area contributed by atoms with Gasteiger partial charge in [0, 0.05) is 12.0 Å². The maximum absolute atomic E-state index is 12.6. The van der Waals surface area contributed by atoms with Crippen molar-refractivity contribution >= 4 is 11.6 Å². The monoisotopic (exact) mass is 359 g/mol. The summed E-state index contributed by atoms with van der Waals surface area (Å²) in [5.74, 6) is 1.40. The number of rotatable bonds is 5. The highest BCUT2D eigenvalue weighted by atomic mass is 16.5. The molecule has 0 aromatic heterocycles. The number of quaternary nitrogens is 1. The minimum atomic E-state index is 0.00786. The molecule has 0 aliphatic carbocycles. The molecule has 1 aliphatic heterocycles. The third-order valence-electron chi connectivity index (χ3n) is 4.85. The van der Waals surface area contributed by atoms with Crippen molar-refractivity contribution < 1.29 is 14.4 Å². The zero-order valence-corrected chi connectivity index (χ0v) is 15.2. The summed E-state index contributed by atoms with van der Waals surface area (Å²) < 4.78 is 5.93. The molecule has 3 aromatic carbocycles. The standard InChI is InChI=1S/C23H22N2O2/c26-23(17-25-15-14-18-8-4-5-9-19(18)16-25)24-21-12-6-7-13-22(21)27-20-10-2-1-3-11-20/h1-13H,14-17H2,(H,24,26)/p+1. The largest absolute Gasteiger partial charge is 0.455 e. The molecular weight excluding hydrogens is 336 g/mol. The Hall–Kier alpha value is -3.11. The molecule has 0 bridgehead atoms. The number of amides is 1. The predicted molar refractivity (Wildman–Crippen MR) is 106 cm³/mol. The summed E-state index contributed by atoms with van der Waals surface area (Å²) in [6.07, 6.45) is 1.02. The van der Waals surface area contributed by atoms with Gasteiger partial charge in [-0.1, -0.05) is 54.6 Å². The van der Waals surface area contributed by atoms with Gasteiger partial charge >= 0.3 is 0 Å². The van der Waals surface area contributed by atoms with E-state index in [9.17, 15) is 4.79 Å². The first kappa shape index (κ1) is 17.3. The Morgan fingerprint density at radius 2 is 1.59 bits per heavy atom. The van der Waals surface area contributed by atoms with Crippen molar-refractivity contribution in [3.05, 3.63) is 90.0 Å². The molecule has 0 fully saturated rings. The van der Waals surface area contributed by atoms with Gasteiger partial charge < -0.3 is 15.0 Å². The fraction of sp³-hybridized carbons (Fsp3) is 0.174. The second-order valence-electron chi connectivity index (χ2n) is 6.83. The fourth-order valence-corrected chi connectivity index (χ4v) is 3.49. The molecule has 1 amide bonds. The van der Waals surface area contributed by atoms with E-state index in [0.717, 1.165) is 25.3 Å². The summed E-state index contributed by atoms with van der Waals surface area (Å²) >= 11 is 0. The number of hydrogen-bond donors (Lipinski definition) is 2. The third kappa shape index (κ3) is 4.36. The number of benzene rings is 3. The van der Waals surface area contributed by atoms with E-state index in [1.165, 1.54) is 16.0 Å². The number of anilines is 1. The van der Waals surface area contributed by atoms with Crippen LogP contribution >= 0.6 is 0 Å². The predicted octanol–water partition coefficient (Wildman–Crippen LogP) is 3.06. The number of hydrogen-bond acceptors (Lipinski definition) is 2. The summed E-state index contributed by atoms with van der Waals surface area (Å²) in [5.41, 5.74) is 3.45. The SMILES string of the molecule is O=C(C[NH+]1CCc2ccccc2C1)Nc1ccccc1Oc1ccccc1. The van der Waals surface area contributed by atoms with E-state index < -0.39 is 0 Å². The molecule has 0 spiro atoms. The average Bonchev–Trinajstić information content (AvgIpc) is 2.70. The summed E-state index contributed by atoms with van der Waals surface area (Å²) in [7, 11) is 0. The maximum Gasteiger partial charge on any atom is 0.279 e. The Morgan fingerprint density at radius 1 is 0.889 bits per heavy atom. The van der Waals surface area contributed by atoms with Crippen LogP contribution < -0.4 is 15.0 Å². The van der Waals surface area contributed by atoms with Crippen molar-refractivity contribution in [3.8, 4) is 11.5 Å². The Balaban J connectivity index is 1.40. The quantitative estimate of drug-likeness (QED) is 0.735. The van der Waals surface area contributed by atoms with E-state index in [1.54, 1.807) is 0 Å². The van der Waals surface area contributed by atoms with Gasteiger partial charge in [0.15, 0.2) is 12.3 Å². The fourth-order valence-electron chi connectivity index (χ4n) is 3.49. The first-order valence-electron chi connectivity index (χ1n) is 9.30. The minimum Gasteiger partial charge on any atom is -0.455 e.